The number of Topliss-reactive ketones (excluding diaryl/α,β-unsaturated/α-hetero) is 1. The minimum absolute atomic E-state index is 0.364. The minimum atomic E-state index is -0.378. The average Bonchev–Trinajstić information content (AvgIpc) is 2.78. The number of amides is 1. The molecule has 2 rings (SSSR count). The zero-order valence-corrected chi connectivity index (χ0v) is 14.6. The van der Waals surface area contributed by atoms with Crippen LogP contribution in [0.4, 0.5) is 5.69 Å². The van der Waals surface area contributed by atoms with E-state index in [1.54, 1.807) is 4.90 Å². The molecular formula is C19H28N2O2. The summed E-state index contributed by atoms with van der Waals surface area (Å²) in [6, 6.07) is 5.68. The second-order valence-electron chi connectivity index (χ2n) is 6.36. The molecule has 1 amide bonds. The van der Waals surface area contributed by atoms with Crippen molar-refractivity contribution in [2.75, 3.05) is 31.1 Å². The van der Waals surface area contributed by atoms with Gasteiger partial charge in [0.2, 0.25) is 0 Å². The number of hydrogen-bond acceptors (Lipinski definition) is 3. The van der Waals surface area contributed by atoms with Gasteiger partial charge in [0, 0.05) is 13.1 Å². The van der Waals surface area contributed by atoms with Crippen LogP contribution in [0.25, 0.3) is 0 Å². The number of hydrogen-bond donors (Lipinski definition) is 0. The van der Waals surface area contributed by atoms with Gasteiger partial charge in [-0.1, -0.05) is 38.3 Å². The summed E-state index contributed by atoms with van der Waals surface area (Å²) in [5, 5.41) is 0. The highest BCUT2D eigenvalue weighted by Gasteiger charge is 2.35. The molecule has 0 saturated heterocycles. The first-order chi connectivity index (χ1) is 11.1. The standard InChI is InChI=1S/C19H28N2O2/c1-4-6-10-20(11-7-5-2)12-13-21-17-9-8-15(3)14-16(17)18(22)19(21)23/h8-9,14H,4-7,10-13H2,1-3H3. The summed E-state index contributed by atoms with van der Waals surface area (Å²) in [4.78, 5) is 28.5. The maximum atomic E-state index is 12.3. The van der Waals surface area contributed by atoms with Crippen LogP contribution in [0.3, 0.4) is 0 Å². The van der Waals surface area contributed by atoms with Crippen LogP contribution in [0, 0.1) is 6.92 Å². The number of carbonyl (C=O) groups is 2. The van der Waals surface area contributed by atoms with E-state index in [9.17, 15) is 9.59 Å². The lowest BCUT2D eigenvalue weighted by atomic mass is 10.1. The number of nitrogens with zero attached hydrogens (tertiary/aromatic N) is 2. The number of ketones is 1. The van der Waals surface area contributed by atoms with Crippen molar-refractivity contribution in [2.45, 2.75) is 46.5 Å². The lowest BCUT2D eigenvalue weighted by molar-refractivity contribution is -0.114. The van der Waals surface area contributed by atoms with Gasteiger partial charge in [-0.15, -0.1) is 0 Å². The minimum Gasteiger partial charge on any atom is -0.303 e. The summed E-state index contributed by atoms with van der Waals surface area (Å²) in [6.45, 7) is 9.87. The molecule has 1 aromatic carbocycles. The predicted molar refractivity (Wildman–Crippen MR) is 94.1 cm³/mol. The van der Waals surface area contributed by atoms with Crippen molar-refractivity contribution in [3.8, 4) is 0 Å². The quantitative estimate of drug-likeness (QED) is 0.655. The topological polar surface area (TPSA) is 40.6 Å². The summed E-state index contributed by atoms with van der Waals surface area (Å²) >= 11 is 0. The van der Waals surface area contributed by atoms with Crippen LogP contribution in [0.15, 0.2) is 18.2 Å². The number of aryl methyl sites for hydroxylation is 1. The van der Waals surface area contributed by atoms with Crippen molar-refractivity contribution in [1.29, 1.82) is 0 Å². The molecule has 4 heteroatoms. The maximum absolute atomic E-state index is 12.3. The van der Waals surface area contributed by atoms with Gasteiger partial charge in [0.1, 0.15) is 0 Å². The van der Waals surface area contributed by atoms with Gasteiger partial charge in [0.25, 0.3) is 11.7 Å². The highest BCUT2D eigenvalue weighted by Crippen LogP contribution is 2.29. The van der Waals surface area contributed by atoms with Crippen molar-refractivity contribution < 1.29 is 9.59 Å². The Bertz CT molecular complexity index is 560. The largest absolute Gasteiger partial charge is 0.303 e. The number of carbonyl (C=O) groups excluding carboxylic acids is 2. The predicted octanol–water partition coefficient (Wildman–Crippen LogP) is 3.43. The van der Waals surface area contributed by atoms with Crippen LogP contribution in [0.2, 0.25) is 0 Å². The van der Waals surface area contributed by atoms with Gasteiger partial charge in [0.05, 0.1) is 11.3 Å². The third-order valence-corrected chi connectivity index (χ3v) is 4.42. The smallest absolute Gasteiger partial charge is 0.299 e. The van der Waals surface area contributed by atoms with Crippen LogP contribution >= 0.6 is 0 Å². The van der Waals surface area contributed by atoms with Crippen molar-refractivity contribution in [3.63, 3.8) is 0 Å². The molecule has 0 saturated carbocycles. The lowest BCUT2D eigenvalue weighted by Gasteiger charge is -2.25. The van der Waals surface area contributed by atoms with Gasteiger partial charge >= 0.3 is 0 Å². The first-order valence-electron chi connectivity index (χ1n) is 8.77. The van der Waals surface area contributed by atoms with Crippen LogP contribution in [-0.4, -0.2) is 42.8 Å². The van der Waals surface area contributed by atoms with Crippen molar-refractivity contribution >= 4 is 17.4 Å². The molecule has 4 nitrogen and oxygen atoms in total. The highest BCUT2D eigenvalue weighted by molar-refractivity contribution is 6.52. The van der Waals surface area contributed by atoms with Gasteiger partial charge in [-0.25, -0.2) is 0 Å². The Morgan fingerprint density at radius 3 is 2.26 bits per heavy atom. The molecule has 0 atom stereocenters. The van der Waals surface area contributed by atoms with Gasteiger partial charge < -0.3 is 9.80 Å². The monoisotopic (exact) mass is 316 g/mol. The van der Waals surface area contributed by atoms with Crippen LogP contribution in [-0.2, 0) is 4.79 Å². The SMILES string of the molecule is CCCCN(CCCC)CCN1C(=O)C(=O)c2cc(C)ccc21. The molecule has 0 spiro atoms. The molecule has 0 unspecified atom stereocenters. The van der Waals surface area contributed by atoms with Crippen LogP contribution in [0.5, 0.6) is 0 Å². The normalized spacial score (nSPS) is 14.0. The third-order valence-electron chi connectivity index (χ3n) is 4.42. The Hall–Kier alpha value is -1.68. The van der Waals surface area contributed by atoms with Crippen LogP contribution in [0.1, 0.15) is 55.5 Å². The van der Waals surface area contributed by atoms with Crippen LogP contribution < -0.4 is 4.90 Å². The summed E-state index contributed by atoms with van der Waals surface area (Å²) < 4.78 is 0. The molecule has 0 aromatic heterocycles. The molecule has 0 fully saturated rings. The van der Waals surface area contributed by atoms with E-state index in [0.29, 0.717) is 12.1 Å². The molecule has 1 aromatic rings. The Labute approximate surface area is 139 Å². The van der Waals surface area contributed by atoms with E-state index in [-0.39, 0.29) is 11.7 Å². The molecule has 23 heavy (non-hydrogen) atoms. The number of fused-ring (bicyclic) bond motifs is 1. The van der Waals surface area contributed by atoms with E-state index in [1.807, 2.05) is 25.1 Å². The fourth-order valence-electron chi connectivity index (χ4n) is 2.98. The molecule has 1 heterocycles. The van der Waals surface area contributed by atoms with Crippen molar-refractivity contribution in [2.24, 2.45) is 0 Å². The first-order valence-corrected chi connectivity index (χ1v) is 8.77. The van der Waals surface area contributed by atoms with E-state index in [4.69, 9.17) is 0 Å². The van der Waals surface area contributed by atoms with E-state index in [2.05, 4.69) is 18.7 Å². The molecule has 0 N–H and O–H groups in total. The van der Waals surface area contributed by atoms with E-state index < -0.39 is 0 Å². The molecule has 0 bridgehead atoms. The Morgan fingerprint density at radius 2 is 1.65 bits per heavy atom. The summed E-state index contributed by atoms with van der Waals surface area (Å²) in [6.07, 6.45) is 4.69. The van der Waals surface area contributed by atoms with Gasteiger partial charge in [-0.05, 0) is 45.0 Å². The second kappa shape index (κ2) is 8.25. The second-order valence-corrected chi connectivity index (χ2v) is 6.36. The Kier molecular flexibility index (Phi) is 6.34. The first kappa shape index (κ1) is 17.7. The zero-order chi connectivity index (χ0) is 16.8. The van der Waals surface area contributed by atoms with Crippen molar-refractivity contribution in [3.05, 3.63) is 29.3 Å². The van der Waals surface area contributed by atoms with E-state index >= 15 is 0 Å². The fourth-order valence-corrected chi connectivity index (χ4v) is 2.98. The molecule has 1 aliphatic heterocycles. The molecular weight excluding hydrogens is 288 g/mol. The highest BCUT2D eigenvalue weighted by atomic mass is 16.2. The molecule has 0 radical (unpaired) electrons. The summed E-state index contributed by atoms with van der Waals surface area (Å²) in [7, 11) is 0. The zero-order valence-electron chi connectivity index (χ0n) is 14.6. The van der Waals surface area contributed by atoms with E-state index in [1.165, 1.54) is 25.7 Å². The Morgan fingerprint density at radius 1 is 1.00 bits per heavy atom. The number of rotatable bonds is 9. The number of unbranched alkanes of at least 4 members (excludes halogenated alkanes) is 2. The van der Waals surface area contributed by atoms with Gasteiger partial charge in [-0.3, -0.25) is 9.59 Å². The van der Waals surface area contributed by atoms with E-state index in [0.717, 1.165) is 30.9 Å². The molecule has 1 aliphatic rings. The van der Waals surface area contributed by atoms with Gasteiger partial charge in [-0.2, -0.15) is 0 Å². The summed E-state index contributed by atoms with van der Waals surface area (Å²) in [5.74, 6) is -0.742. The Balaban J connectivity index is 2.04. The molecule has 126 valence electrons. The number of anilines is 1. The molecule has 0 aliphatic carbocycles. The fraction of sp³-hybridized carbons (Fsp3) is 0.579. The number of benzene rings is 1. The van der Waals surface area contributed by atoms with Gasteiger partial charge in [0.15, 0.2) is 0 Å². The average molecular weight is 316 g/mol. The summed E-state index contributed by atoms with van der Waals surface area (Å²) in [5.41, 5.74) is 2.35. The lowest BCUT2D eigenvalue weighted by Crippen LogP contribution is -2.38. The maximum Gasteiger partial charge on any atom is 0.299 e. The third kappa shape index (κ3) is 4.20. The van der Waals surface area contributed by atoms with Crippen molar-refractivity contribution in [1.82, 2.24) is 4.90 Å².